The van der Waals surface area contributed by atoms with Crippen LogP contribution < -0.4 is 11.1 Å². The quantitative estimate of drug-likeness (QED) is 0.665. The number of anilines is 1. The van der Waals surface area contributed by atoms with Gasteiger partial charge in [-0.15, -0.1) is 0 Å². The molecule has 0 saturated heterocycles. The maximum absolute atomic E-state index is 13.9. The second-order valence-corrected chi connectivity index (χ2v) is 12.3. The van der Waals surface area contributed by atoms with E-state index in [0.29, 0.717) is 5.92 Å². The predicted octanol–water partition coefficient (Wildman–Crippen LogP) is 5.25. The highest BCUT2D eigenvalue weighted by Crippen LogP contribution is 2.44. The molecule has 1 fully saturated rings. The van der Waals surface area contributed by atoms with Crippen LogP contribution in [0.3, 0.4) is 0 Å². The number of nitrogens with two attached hydrogens (primary N) is 1. The van der Waals surface area contributed by atoms with Crippen molar-refractivity contribution in [1.82, 2.24) is 5.32 Å². The maximum Gasteiger partial charge on any atom is 0.261 e. The van der Waals surface area contributed by atoms with Gasteiger partial charge in [0.05, 0.1) is 11.2 Å². The highest BCUT2D eigenvalue weighted by atomic mass is 32.3. The van der Waals surface area contributed by atoms with Crippen LogP contribution in [0.5, 0.6) is 0 Å². The van der Waals surface area contributed by atoms with E-state index in [1.54, 1.807) is 12.1 Å². The molecule has 146 valence electrons. The molecule has 0 spiro atoms. The van der Waals surface area contributed by atoms with Crippen molar-refractivity contribution in [2.75, 3.05) is 24.5 Å². The fourth-order valence-corrected chi connectivity index (χ4v) is 3.83. The van der Waals surface area contributed by atoms with Crippen molar-refractivity contribution < 1.29 is 9.18 Å². The molecule has 0 radical (unpaired) electrons. The second-order valence-electron chi connectivity index (χ2n) is 8.24. The summed E-state index contributed by atoms with van der Waals surface area (Å²) in [7, 11) is -1.45. The number of rotatable bonds is 6. The Morgan fingerprint density at radius 3 is 2.37 bits per heavy atom. The van der Waals surface area contributed by atoms with E-state index in [4.69, 9.17) is 5.73 Å². The Bertz CT molecular complexity index is 815. The standard InChI is InChI=1S/C22H29FN2OS/c1-27(2,3)21(26)25-22(14-13-16-9-10-16,17-7-5-4-6-8-17)18-11-12-19(23)20(24)15-18/h4-8,11-12,15-16H,9-10,13-14,24H2,1-3H3,(H,25,26). The van der Waals surface area contributed by atoms with Gasteiger partial charge < -0.3 is 11.1 Å². The molecular formula is C22H29FN2OS. The smallest absolute Gasteiger partial charge is 0.261 e. The monoisotopic (exact) mass is 388 g/mol. The van der Waals surface area contributed by atoms with Gasteiger partial charge in [-0.2, -0.15) is 10.0 Å². The Morgan fingerprint density at radius 2 is 1.81 bits per heavy atom. The molecule has 0 aliphatic heterocycles. The minimum atomic E-state index is -1.45. The zero-order valence-corrected chi connectivity index (χ0v) is 17.1. The van der Waals surface area contributed by atoms with E-state index >= 15 is 0 Å². The van der Waals surface area contributed by atoms with Gasteiger partial charge in [0.1, 0.15) is 5.82 Å². The number of nitrogen functional groups attached to an aromatic ring is 1. The summed E-state index contributed by atoms with van der Waals surface area (Å²) in [5, 5.41) is 3.40. The Hall–Kier alpha value is -2.01. The SMILES string of the molecule is CS(C)(C)C(=O)NC(CCC1CC1)(c1ccccc1)c1ccc(F)c(N)c1. The van der Waals surface area contributed by atoms with Crippen LogP contribution in [0.1, 0.15) is 36.8 Å². The van der Waals surface area contributed by atoms with Gasteiger partial charge in [0.15, 0.2) is 0 Å². The van der Waals surface area contributed by atoms with E-state index in [0.717, 1.165) is 24.0 Å². The molecule has 1 unspecified atom stereocenters. The summed E-state index contributed by atoms with van der Waals surface area (Å²) >= 11 is 0. The predicted molar refractivity (Wildman–Crippen MR) is 114 cm³/mol. The van der Waals surface area contributed by atoms with Crippen molar-refractivity contribution >= 4 is 21.0 Å². The third kappa shape index (κ3) is 4.46. The summed E-state index contributed by atoms with van der Waals surface area (Å²) < 4.78 is 13.9. The lowest BCUT2D eigenvalue weighted by Gasteiger charge is -2.39. The number of amides is 1. The summed E-state index contributed by atoms with van der Waals surface area (Å²) in [4.78, 5) is 13.1. The van der Waals surface area contributed by atoms with Crippen LogP contribution in [0.25, 0.3) is 0 Å². The van der Waals surface area contributed by atoms with Crippen LogP contribution >= 0.6 is 10.0 Å². The van der Waals surface area contributed by atoms with Crippen LogP contribution in [0.2, 0.25) is 0 Å². The van der Waals surface area contributed by atoms with Gasteiger partial charge in [-0.1, -0.05) is 49.2 Å². The summed E-state index contributed by atoms with van der Waals surface area (Å²) in [6.45, 7) is 0. The first-order valence-electron chi connectivity index (χ1n) is 9.34. The van der Waals surface area contributed by atoms with Crippen LogP contribution in [0, 0.1) is 11.7 Å². The molecule has 2 aromatic rings. The average Bonchev–Trinajstić information content (AvgIpc) is 3.45. The van der Waals surface area contributed by atoms with E-state index in [-0.39, 0.29) is 10.9 Å². The average molecular weight is 389 g/mol. The Morgan fingerprint density at radius 1 is 1.15 bits per heavy atom. The molecule has 0 bridgehead atoms. The number of halogens is 1. The van der Waals surface area contributed by atoms with E-state index in [2.05, 4.69) is 5.32 Å². The van der Waals surface area contributed by atoms with E-state index < -0.39 is 21.4 Å². The van der Waals surface area contributed by atoms with Crippen molar-refractivity contribution in [1.29, 1.82) is 0 Å². The number of benzene rings is 2. The van der Waals surface area contributed by atoms with Gasteiger partial charge in [-0.25, -0.2) is 4.39 Å². The van der Waals surface area contributed by atoms with Crippen molar-refractivity contribution in [3.63, 3.8) is 0 Å². The fourth-order valence-electron chi connectivity index (χ4n) is 3.35. The van der Waals surface area contributed by atoms with Crippen molar-refractivity contribution in [2.45, 2.75) is 31.2 Å². The minimum Gasteiger partial charge on any atom is -0.396 e. The summed E-state index contributed by atoms with van der Waals surface area (Å²) in [5.74, 6) is 0.278. The topological polar surface area (TPSA) is 55.1 Å². The van der Waals surface area contributed by atoms with E-state index in [9.17, 15) is 9.18 Å². The van der Waals surface area contributed by atoms with Crippen molar-refractivity contribution in [3.8, 4) is 0 Å². The van der Waals surface area contributed by atoms with E-state index in [1.165, 1.54) is 18.9 Å². The Kier molecular flexibility index (Phi) is 5.52. The molecule has 27 heavy (non-hydrogen) atoms. The molecule has 2 aromatic carbocycles. The summed E-state index contributed by atoms with van der Waals surface area (Å²) in [6.07, 6.45) is 10.2. The Balaban J connectivity index is 2.13. The number of carbonyl (C=O) groups excluding carboxylic acids is 1. The zero-order chi connectivity index (χ0) is 19.7. The van der Waals surface area contributed by atoms with Gasteiger partial charge >= 0.3 is 0 Å². The van der Waals surface area contributed by atoms with Crippen LogP contribution in [0.4, 0.5) is 14.9 Å². The molecule has 3 N–H and O–H groups in total. The first-order valence-corrected chi connectivity index (χ1v) is 12.2. The minimum absolute atomic E-state index is 0.0463. The number of hydrogen-bond acceptors (Lipinski definition) is 2. The molecule has 3 nitrogen and oxygen atoms in total. The van der Waals surface area contributed by atoms with Crippen molar-refractivity contribution in [3.05, 3.63) is 65.5 Å². The number of hydrogen-bond donors (Lipinski definition) is 2. The molecule has 0 aromatic heterocycles. The van der Waals surface area contributed by atoms with Gasteiger partial charge in [0.2, 0.25) is 0 Å². The first-order chi connectivity index (χ1) is 12.7. The van der Waals surface area contributed by atoms with E-state index in [1.807, 2.05) is 49.1 Å². The molecule has 1 amide bonds. The maximum atomic E-state index is 13.9. The highest BCUT2D eigenvalue weighted by molar-refractivity contribution is 8.43. The van der Waals surface area contributed by atoms with Gasteiger partial charge in [0, 0.05) is 0 Å². The molecule has 3 rings (SSSR count). The number of nitrogens with one attached hydrogen (secondary N) is 1. The Labute approximate surface area is 162 Å². The van der Waals surface area contributed by atoms with Crippen LogP contribution in [0.15, 0.2) is 48.5 Å². The lowest BCUT2D eigenvalue weighted by atomic mass is 9.78. The molecule has 1 aliphatic rings. The molecule has 1 atom stereocenters. The van der Waals surface area contributed by atoms with Gasteiger partial charge in [0.25, 0.3) is 5.24 Å². The van der Waals surface area contributed by atoms with Gasteiger partial charge in [-0.3, -0.25) is 4.79 Å². The van der Waals surface area contributed by atoms with Crippen LogP contribution in [-0.4, -0.2) is 24.0 Å². The lowest BCUT2D eigenvalue weighted by molar-refractivity contribution is 0.247. The third-order valence-electron chi connectivity index (χ3n) is 5.25. The van der Waals surface area contributed by atoms with Gasteiger partial charge in [-0.05, 0) is 60.8 Å². The molecule has 0 heterocycles. The van der Waals surface area contributed by atoms with Crippen LogP contribution in [-0.2, 0) is 5.54 Å². The largest absolute Gasteiger partial charge is 0.396 e. The normalized spacial score (nSPS) is 17.2. The summed E-state index contributed by atoms with van der Waals surface area (Å²) in [6, 6.07) is 14.8. The molecule has 1 saturated carbocycles. The molecule has 5 heteroatoms. The second kappa shape index (κ2) is 7.55. The molecule has 1 aliphatic carbocycles. The lowest BCUT2D eigenvalue weighted by Crippen LogP contribution is -2.47. The van der Waals surface area contributed by atoms with Crippen molar-refractivity contribution in [2.24, 2.45) is 5.92 Å². The third-order valence-corrected chi connectivity index (χ3v) is 6.47. The summed E-state index contributed by atoms with van der Waals surface area (Å²) in [5.41, 5.74) is 7.15. The highest BCUT2D eigenvalue weighted by Gasteiger charge is 2.39. The fraction of sp³-hybridized carbons (Fsp3) is 0.409. The number of carbonyl (C=O) groups is 1. The zero-order valence-electron chi connectivity index (χ0n) is 16.3. The molecular weight excluding hydrogens is 359 g/mol. The first kappa shape index (κ1) is 19.7.